The van der Waals surface area contributed by atoms with Crippen molar-refractivity contribution < 1.29 is 9.15 Å². The van der Waals surface area contributed by atoms with Crippen molar-refractivity contribution in [1.29, 1.82) is 0 Å². The topological polar surface area (TPSA) is 51.4 Å². The summed E-state index contributed by atoms with van der Waals surface area (Å²) in [6.45, 7) is 6.98. The molecule has 0 bridgehead atoms. The fourth-order valence-electron chi connectivity index (χ4n) is 4.33. The number of likely N-dealkylation sites (tertiary alicyclic amines) is 1. The van der Waals surface area contributed by atoms with Gasteiger partial charge in [0.05, 0.1) is 6.61 Å². The Morgan fingerprint density at radius 2 is 1.77 bits per heavy atom. The lowest BCUT2D eigenvalue weighted by Crippen LogP contribution is -2.42. The Bertz CT molecular complexity index is 871. The number of hydrogen-bond donors (Lipinski definition) is 0. The van der Waals surface area contributed by atoms with E-state index in [-0.39, 0.29) is 0 Å². The number of hydrogen-bond acceptors (Lipinski definition) is 5. The van der Waals surface area contributed by atoms with Crippen LogP contribution >= 0.6 is 0 Å². The molecule has 0 unspecified atom stereocenters. The van der Waals surface area contributed by atoms with Crippen molar-refractivity contribution in [3.8, 4) is 11.5 Å². The average molecular weight is 406 g/mol. The Balaban J connectivity index is 1.33. The lowest BCUT2D eigenvalue weighted by atomic mass is 9.74. The summed E-state index contributed by atoms with van der Waals surface area (Å²) < 4.78 is 11.2. The third-order valence-corrected chi connectivity index (χ3v) is 6.28. The molecule has 0 spiro atoms. The van der Waals surface area contributed by atoms with E-state index in [9.17, 15) is 0 Å². The molecule has 30 heavy (non-hydrogen) atoms. The van der Waals surface area contributed by atoms with Crippen LogP contribution in [-0.4, -0.2) is 41.4 Å². The molecule has 158 valence electrons. The molecule has 4 rings (SSSR count). The van der Waals surface area contributed by atoms with Crippen LogP contribution in [0.1, 0.15) is 37.3 Å². The van der Waals surface area contributed by atoms with E-state index >= 15 is 0 Å². The zero-order valence-electron chi connectivity index (χ0n) is 17.8. The minimum Gasteiger partial charge on any atom is -0.423 e. The van der Waals surface area contributed by atoms with Crippen molar-refractivity contribution in [2.75, 3.05) is 26.3 Å². The predicted molar refractivity (Wildman–Crippen MR) is 118 cm³/mol. The van der Waals surface area contributed by atoms with Gasteiger partial charge in [0, 0.05) is 18.7 Å². The van der Waals surface area contributed by atoms with Crippen LogP contribution in [0.3, 0.4) is 0 Å². The van der Waals surface area contributed by atoms with Gasteiger partial charge in [-0.3, -0.25) is 4.90 Å². The highest BCUT2D eigenvalue weighted by molar-refractivity contribution is 5.52. The maximum Gasteiger partial charge on any atom is 0.247 e. The number of piperidine rings is 1. The van der Waals surface area contributed by atoms with Crippen LogP contribution in [0.2, 0.25) is 0 Å². The average Bonchev–Trinajstić information content (AvgIpc) is 3.34. The van der Waals surface area contributed by atoms with E-state index < -0.39 is 0 Å². The molecule has 0 saturated carbocycles. The zero-order chi connectivity index (χ0) is 20.7. The van der Waals surface area contributed by atoms with Crippen LogP contribution in [0.4, 0.5) is 0 Å². The van der Waals surface area contributed by atoms with E-state index in [0.717, 1.165) is 44.8 Å². The van der Waals surface area contributed by atoms with Gasteiger partial charge < -0.3 is 9.15 Å². The second-order valence-electron chi connectivity index (χ2n) is 8.34. The first-order valence-electron chi connectivity index (χ1n) is 11.0. The number of benzene rings is 2. The molecule has 0 radical (unpaired) electrons. The summed E-state index contributed by atoms with van der Waals surface area (Å²) in [5.74, 6) is 0.568. The van der Waals surface area contributed by atoms with E-state index in [0.29, 0.717) is 11.3 Å². The molecule has 1 aliphatic rings. The lowest BCUT2D eigenvalue weighted by molar-refractivity contribution is -0.00232. The Morgan fingerprint density at radius 1 is 1.00 bits per heavy atom. The molecule has 5 heteroatoms. The van der Waals surface area contributed by atoms with E-state index in [4.69, 9.17) is 9.15 Å². The van der Waals surface area contributed by atoms with E-state index in [1.165, 1.54) is 36.8 Å². The summed E-state index contributed by atoms with van der Waals surface area (Å²) >= 11 is 0. The number of aryl methyl sites for hydroxylation is 1. The van der Waals surface area contributed by atoms with Gasteiger partial charge in [-0.05, 0) is 74.4 Å². The quantitative estimate of drug-likeness (QED) is 0.502. The van der Waals surface area contributed by atoms with Gasteiger partial charge >= 0.3 is 0 Å². The SMILES string of the molecule is CCOCC1(CCc2ccccc2)CCN(Cc2ccc(-c3nnco3)cc2)CC1. The largest absolute Gasteiger partial charge is 0.423 e. The second-order valence-corrected chi connectivity index (χ2v) is 8.34. The third kappa shape index (κ3) is 5.35. The first-order valence-corrected chi connectivity index (χ1v) is 11.0. The van der Waals surface area contributed by atoms with E-state index in [1.54, 1.807) is 0 Å². The second kappa shape index (κ2) is 10.0. The molecule has 3 aromatic rings. The Hall–Kier alpha value is -2.50. The van der Waals surface area contributed by atoms with Gasteiger partial charge in [0.2, 0.25) is 12.3 Å². The summed E-state index contributed by atoms with van der Waals surface area (Å²) in [6.07, 6.45) is 6.08. The Kier molecular flexibility index (Phi) is 6.92. The molecule has 2 heterocycles. The van der Waals surface area contributed by atoms with Crippen LogP contribution in [-0.2, 0) is 17.7 Å². The van der Waals surface area contributed by atoms with Crippen LogP contribution < -0.4 is 0 Å². The van der Waals surface area contributed by atoms with Crippen molar-refractivity contribution in [3.63, 3.8) is 0 Å². The van der Waals surface area contributed by atoms with Crippen molar-refractivity contribution in [2.24, 2.45) is 5.41 Å². The van der Waals surface area contributed by atoms with Gasteiger partial charge in [0.15, 0.2) is 0 Å². The first kappa shape index (κ1) is 20.8. The summed E-state index contributed by atoms with van der Waals surface area (Å²) in [6, 6.07) is 19.3. The van der Waals surface area contributed by atoms with Crippen LogP contribution in [0.5, 0.6) is 0 Å². The van der Waals surface area contributed by atoms with Crippen LogP contribution in [0.25, 0.3) is 11.5 Å². The molecule has 0 amide bonds. The highest BCUT2D eigenvalue weighted by Crippen LogP contribution is 2.37. The zero-order valence-corrected chi connectivity index (χ0v) is 17.8. The van der Waals surface area contributed by atoms with Gasteiger partial charge in [-0.1, -0.05) is 42.5 Å². The van der Waals surface area contributed by atoms with Crippen molar-refractivity contribution in [2.45, 2.75) is 39.2 Å². The maximum absolute atomic E-state index is 5.93. The van der Waals surface area contributed by atoms with Gasteiger partial charge in [0.1, 0.15) is 0 Å². The molecule has 0 aliphatic carbocycles. The fraction of sp³-hybridized carbons (Fsp3) is 0.440. The van der Waals surface area contributed by atoms with Gasteiger partial charge in [-0.25, -0.2) is 0 Å². The molecular formula is C25H31N3O2. The summed E-state index contributed by atoms with van der Waals surface area (Å²) in [7, 11) is 0. The molecule has 1 saturated heterocycles. The fourth-order valence-corrected chi connectivity index (χ4v) is 4.33. The number of nitrogens with zero attached hydrogens (tertiary/aromatic N) is 3. The predicted octanol–water partition coefficient (Wildman–Crippen LogP) is 4.99. The number of ether oxygens (including phenoxy) is 1. The monoisotopic (exact) mass is 405 g/mol. The minimum absolute atomic E-state index is 0.296. The highest BCUT2D eigenvalue weighted by atomic mass is 16.5. The standard InChI is InChI=1S/C25H31N3O2/c1-2-29-19-25(13-12-21-6-4-3-5-7-21)14-16-28(17-15-25)18-22-8-10-23(11-9-22)24-27-26-20-30-24/h3-11,20H,2,12-19H2,1H3. The molecule has 2 aromatic carbocycles. The Morgan fingerprint density at radius 3 is 2.43 bits per heavy atom. The van der Waals surface area contributed by atoms with Crippen LogP contribution in [0.15, 0.2) is 65.4 Å². The third-order valence-electron chi connectivity index (χ3n) is 6.28. The maximum atomic E-state index is 5.93. The Labute approximate surface area is 179 Å². The molecule has 1 aliphatic heterocycles. The van der Waals surface area contributed by atoms with Crippen molar-refractivity contribution >= 4 is 0 Å². The molecule has 5 nitrogen and oxygen atoms in total. The molecular weight excluding hydrogens is 374 g/mol. The van der Waals surface area contributed by atoms with Gasteiger partial charge in [-0.15, -0.1) is 10.2 Å². The first-order chi connectivity index (χ1) is 14.8. The molecule has 1 fully saturated rings. The molecule has 1 aromatic heterocycles. The van der Waals surface area contributed by atoms with E-state index in [1.807, 2.05) is 0 Å². The summed E-state index contributed by atoms with van der Waals surface area (Å²) in [5.41, 5.74) is 4.01. The number of aromatic nitrogens is 2. The molecule has 0 atom stereocenters. The minimum atomic E-state index is 0.296. The highest BCUT2D eigenvalue weighted by Gasteiger charge is 2.34. The lowest BCUT2D eigenvalue weighted by Gasteiger charge is -2.42. The summed E-state index contributed by atoms with van der Waals surface area (Å²) in [4.78, 5) is 2.56. The van der Waals surface area contributed by atoms with Crippen molar-refractivity contribution in [3.05, 3.63) is 72.1 Å². The van der Waals surface area contributed by atoms with Gasteiger partial charge in [-0.2, -0.15) is 0 Å². The van der Waals surface area contributed by atoms with Crippen LogP contribution in [0, 0.1) is 5.41 Å². The van der Waals surface area contributed by atoms with Crippen molar-refractivity contribution in [1.82, 2.24) is 15.1 Å². The smallest absolute Gasteiger partial charge is 0.247 e. The normalized spacial score (nSPS) is 16.6. The summed E-state index contributed by atoms with van der Waals surface area (Å²) in [5, 5.41) is 7.72. The van der Waals surface area contributed by atoms with Gasteiger partial charge in [0.25, 0.3) is 0 Å². The molecule has 0 N–H and O–H groups in total. The number of rotatable bonds is 9. The van der Waals surface area contributed by atoms with E-state index in [2.05, 4.69) is 76.6 Å².